The highest BCUT2D eigenvalue weighted by Gasteiger charge is 2.38. The average Bonchev–Trinajstić information content (AvgIpc) is 3.17. The number of rotatable bonds is 6. The first kappa shape index (κ1) is 22.5. The zero-order chi connectivity index (χ0) is 22.9. The smallest absolute Gasteiger partial charge is 0.417 e. The van der Waals surface area contributed by atoms with Crippen molar-refractivity contribution in [1.82, 2.24) is 19.3 Å². The predicted molar refractivity (Wildman–Crippen MR) is 112 cm³/mol. The van der Waals surface area contributed by atoms with Gasteiger partial charge in [-0.25, -0.2) is 22.6 Å². The molecular formula is C21H23F3N4O3S. The number of halogens is 3. The fourth-order valence-corrected chi connectivity index (χ4v) is 5.43. The number of nitrogens with zero attached hydrogens (tertiary/aromatic N) is 3. The second-order valence-electron chi connectivity index (χ2n) is 7.70. The first-order chi connectivity index (χ1) is 15.2. The second kappa shape index (κ2) is 8.70. The van der Waals surface area contributed by atoms with Gasteiger partial charge in [-0.1, -0.05) is 25.3 Å². The van der Waals surface area contributed by atoms with Crippen molar-refractivity contribution in [3.8, 4) is 17.1 Å². The zero-order valence-corrected chi connectivity index (χ0v) is 18.2. The third kappa shape index (κ3) is 4.73. The van der Waals surface area contributed by atoms with Gasteiger partial charge in [0.15, 0.2) is 5.65 Å². The Balaban J connectivity index is 1.75. The number of sulfonamides is 1. The van der Waals surface area contributed by atoms with E-state index in [1.54, 1.807) is 12.1 Å². The molecule has 2 aromatic heterocycles. The molecule has 1 aliphatic rings. The molecule has 1 fully saturated rings. The van der Waals surface area contributed by atoms with Gasteiger partial charge in [0.25, 0.3) is 0 Å². The molecule has 0 aliphatic heterocycles. The largest absolute Gasteiger partial charge is 0.477 e. The van der Waals surface area contributed by atoms with E-state index in [1.165, 1.54) is 16.8 Å². The molecule has 1 aromatic carbocycles. The van der Waals surface area contributed by atoms with Crippen molar-refractivity contribution in [3.63, 3.8) is 0 Å². The van der Waals surface area contributed by atoms with Gasteiger partial charge in [0, 0.05) is 17.7 Å². The normalized spacial score (nSPS) is 15.9. The van der Waals surface area contributed by atoms with Crippen LogP contribution in [0.2, 0.25) is 0 Å². The molecule has 32 heavy (non-hydrogen) atoms. The fourth-order valence-electron chi connectivity index (χ4n) is 3.87. The zero-order valence-electron chi connectivity index (χ0n) is 17.4. The summed E-state index contributed by atoms with van der Waals surface area (Å²) in [5.41, 5.74) is -0.211. The highest BCUT2D eigenvalue weighted by atomic mass is 32.2. The van der Waals surface area contributed by atoms with Crippen LogP contribution in [-0.2, 0) is 16.2 Å². The van der Waals surface area contributed by atoms with Crippen LogP contribution < -0.4 is 9.46 Å². The number of aromatic nitrogens is 3. The van der Waals surface area contributed by atoms with Crippen LogP contribution in [-0.4, -0.2) is 35.7 Å². The Morgan fingerprint density at radius 2 is 1.91 bits per heavy atom. The number of hydrogen-bond acceptors (Lipinski definition) is 5. The molecule has 1 saturated carbocycles. The van der Waals surface area contributed by atoms with E-state index in [2.05, 4.69) is 14.8 Å². The van der Waals surface area contributed by atoms with Crippen LogP contribution in [0, 0.1) is 0 Å². The van der Waals surface area contributed by atoms with Crippen LogP contribution in [0.25, 0.3) is 16.9 Å². The Morgan fingerprint density at radius 3 is 2.59 bits per heavy atom. The van der Waals surface area contributed by atoms with Crippen molar-refractivity contribution >= 4 is 15.7 Å². The molecule has 3 aromatic rings. The van der Waals surface area contributed by atoms with Crippen molar-refractivity contribution in [3.05, 3.63) is 42.1 Å². The van der Waals surface area contributed by atoms with Crippen molar-refractivity contribution in [2.75, 3.05) is 6.61 Å². The summed E-state index contributed by atoms with van der Waals surface area (Å²) >= 11 is 0. The molecule has 0 spiro atoms. The summed E-state index contributed by atoms with van der Waals surface area (Å²) in [6.45, 7) is 2.24. The van der Waals surface area contributed by atoms with Gasteiger partial charge in [0.05, 0.1) is 29.0 Å². The van der Waals surface area contributed by atoms with Gasteiger partial charge >= 0.3 is 6.18 Å². The van der Waals surface area contributed by atoms with E-state index in [4.69, 9.17) is 4.74 Å². The Labute approximate surface area is 183 Å². The second-order valence-corrected chi connectivity index (χ2v) is 9.38. The number of imidazole rings is 1. The lowest BCUT2D eigenvalue weighted by molar-refractivity contribution is -0.139. The van der Waals surface area contributed by atoms with Crippen molar-refractivity contribution < 1.29 is 26.3 Å². The summed E-state index contributed by atoms with van der Waals surface area (Å²) in [5.74, 6) is 0.372. The van der Waals surface area contributed by atoms with E-state index in [0.717, 1.165) is 31.4 Å². The van der Waals surface area contributed by atoms with E-state index in [-0.39, 0.29) is 11.6 Å². The third-order valence-corrected chi connectivity index (χ3v) is 6.95. The maximum Gasteiger partial charge on any atom is 0.417 e. The molecule has 172 valence electrons. The molecule has 1 N–H and O–H groups in total. The Kier molecular flexibility index (Phi) is 6.13. The maximum atomic E-state index is 13.6. The van der Waals surface area contributed by atoms with Crippen LogP contribution in [0.15, 0.2) is 41.4 Å². The summed E-state index contributed by atoms with van der Waals surface area (Å²) < 4.78 is 76.1. The molecule has 0 radical (unpaired) electrons. The van der Waals surface area contributed by atoms with E-state index in [1.807, 2.05) is 6.92 Å². The summed E-state index contributed by atoms with van der Waals surface area (Å²) in [4.78, 5) is 3.57. The number of hydrogen-bond donors (Lipinski definition) is 1. The number of nitrogens with one attached hydrogen (secondary N) is 1. The fraction of sp³-hybridized carbons (Fsp3) is 0.429. The molecule has 0 amide bonds. The van der Waals surface area contributed by atoms with Crippen molar-refractivity contribution in [1.29, 1.82) is 0 Å². The van der Waals surface area contributed by atoms with E-state index < -0.39 is 26.7 Å². The molecule has 0 bridgehead atoms. The van der Waals surface area contributed by atoms with Crippen LogP contribution >= 0.6 is 0 Å². The molecule has 0 saturated heterocycles. The Hall–Kier alpha value is -2.66. The third-order valence-electron chi connectivity index (χ3n) is 5.39. The number of fused-ring (bicyclic) bond motifs is 1. The first-order valence-electron chi connectivity index (χ1n) is 10.4. The van der Waals surface area contributed by atoms with E-state index in [9.17, 15) is 21.6 Å². The summed E-state index contributed by atoms with van der Waals surface area (Å²) in [7, 11) is -4.39. The molecular weight excluding hydrogens is 445 g/mol. The van der Waals surface area contributed by atoms with Gasteiger partial charge < -0.3 is 4.74 Å². The van der Waals surface area contributed by atoms with Crippen molar-refractivity contribution in [2.45, 2.75) is 56.1 Å². The van der Waals surface area contributed by atoms with Gasteiger partial charge in [-0.3, -0.25) is 0 Å². The molecule has 7 nitrogen and oxygen atoms in total. The summed E-state index contributed by atoms with van der Waals surface area (Å²) in [5, 5.41) is 4.24. The minimum absolute atomic E-state index is 0.241. The highest BCUT2D eigenvalue weighted by Crippen LogP contribution is 2.37. The summed E-state index contributed by atoms with van der Waals surface area (Å²) in [6.07, 6.45) is 0.609. The SMILES string of the molecule is CCOc1ccc2nc(-c3ccc(C(F)(F)F)c(S(=O)(=O)NC4CCCCC4)c3)cn2n1. The topological polar surface area (TPSA) is 85.6 Å². The van der Waals surface area contributed by atoms with Gasteiger partial charge in [-0.05, 0) is 38.0 Å². The lowest BCUT2D eigenvalue weighted by Gasteiger charge is -2.23. The molecule has 2 heterocycles. The standard InChI is InChI=1S/C21H23F3N4O3S/c1-2-31-20-11-10-19-25-17(13-28(19)26-20)14-8-9-16(21(22,23)24)18(12-14)32(29,30)27-15-6-4-3-5-7-15/h8-13,15,27H,2-7H2,1H3. The first-order valence-corrected chi connectivity index (χ1v) is 11.9. The number of benzene rings is 1. The van der Waals surface area contributed by atoms with Gasteiger partial charge in [-0.15, -0.1) is 5.10 Å². The van der Waals surface area contributed by atoms with Crippen LogP contribution in [0.5, 0.6) is 5.88 Å². The molecule has 4 rings (SSSR count). The van der Waals surface area contributed by atoms with Gasteiger partial charge in [0.2, 0.25) is 15.9 Å². The highest BCUT2D eigenvalue weighted by molar-refractivity contribution is 7.89. The van der Waals surface area contributed by atoms with Crippen LogP contribution in [0.3, 0.4) is 0 Å². The molecule has 0 atom stereocenters. The molecule has 11 heteroatoms. The lowest BCUT2D eigenvalue weighted by atomic mass is 9.96. The minimum Gasteiger partial charge on any atom is -0.477 e. The lowest BCUT2D eigenvalue weighted by Crippen LogP contribution is -2.37. The predicted octanol–water partition coefficient (Wildman–Crippen LogP) is 4.42. The van der Waals surface area contributed by atoms with Gasteiger partial charge in [0.1, 0.15) is 0 Å². The van der Waals surface area contributed by atoms with E-state index in [0.29, 0.717) is 36.7 Å². The molecule has 1 aliphatic carbocycles. The maximum absolute atomic E-state index is 13.6. The van der Waals surface area contributed by atoms with Gasteiger partial charge in [-0.2, -0.15) is 13.2 Å². The quantitative estimate of drug-likeness (QED) is 0.579. The van der Waals surface area contributed by atoms with Crippen molar-refractivity contribution in [2.24, 2.45) is 0 Å². The Morgan fingerprint density at radius 1 is 1.16 bits per heavy atom. The number of ether oxygens (including phenoxy) is 1. The average molecular weight is 469 g/mol. The minimum atomic E-state index is -4.82. The molecule has 0 unspecified atom stereocenters. The van der Waals surface area contributed by atoms with Crippen LogP contribution in [0.4, 0.5) is 13.2 Å². The Bertz CT molecular complexity index is 1220. The summed E-state index contributed by atoms with van der Waals surface area (Å²) in [6, 6.07) is 5.95. The van der Waals surface area contributed by atoms with E-state index >= 15 is 0 Å². The number of alkyl halides is 3. The van der Waals surface area contributed by atoms with Crippen LogP contribution in [0.1, 0.15) is 44.6 Å². The monoisotopic (exact) mass is 468 g/mol.